The van der Waals surface area contributed by atoms with E-state index in [2.05, 4.69) is 102 Å². The quantitative estimate of drug-likeness (QED) is 0.0872. The fourth-order valence-electron chi connectivity index (χ4n) is 6.52. The SMILES string of the molecule is COC(=O)Cc1ccc(Cc2ccc(CC(=O)Oc3ccc(N(c4ccccc4)c4ccc(N(c5ccccc5)c5ccc(C)cc5)cc4)cc3)cc2)cc1. The largest absolute Gasteiger partial charge is 0.469 e. The summed E-state index contributed by atoms with van der Waals surface area (Å²) in [6, 6.07) is 61.3. The number of rotatable bonds is 13. The molecule has 0 spiro atoms. The number of esters is 2. The number of anilines is 6. The van der Waals surface area contributed by atoms with Gasteiger partial charge in [0.15, 0.2) is 0 Å². The molecule has 0 bridgehead atoms. The number of hydrogen-bond acceptors (Lipinski definition) is 6. The van der Waals surface area contributed by atoms with Crippen LogP contribution in [-0.4, -0.2) is 19.0 Å². The van der Waals surface area contributed by atoms with Gasteiger partial charge in [0, 0.05) is 34.1 Å². The third kappa shape index (κ3) is 9.36. The summed E-state index contributed by atoms with van der Waals surface area (Å²) in [7, 11) is 1.39. The summed E-state index contributed by atoms with van der Waals surface area (Å²) in [5, 5.41) is 0. The minimum Gasteiger partial charge on any atom is -0.469 e. The molecule has 0 fully saturated rings. The van der Waals surface area contributed by atoms with Crippen molar-refractivity contribution in [3.8, 4) is 5.75 Å². The third-order valence-electron chi connectivity index (χ3n) is 9.39. The number of ether oxygens (including phenoxy) is 2. The number of hydrogen-bond donors (Lipinski definition) is 0. The second-order valence-electron chi connectivity index (χ2n) is 13.4. The Balaban J connectivity index is 1.03. The second-order valence-corrected chi connectivity index (χ2v) is 13.4. The molecule has 55 heavy (non-hydrogen) atoms. The highest BCUT2D eigenvalue weighted by atomic mass is 16.5. The van der Waals surface area contributed by atoms with Crippen molar-refractivity contribution in [1.82, 2.24) is 0 Å². The summed E-state index contributed by atoms with van der Waals surface area (Å²) in [5.41, 5.74) is 11.4. The molecule has 0 aromatic heterocycles. The Bertz CT molecular complexity index is 2310. The molecule has 0 amide bonds. The van der Waals surface area contributed by atoms with Crippen molar-refractivity contribution >= 4 is 46.1 Å². The van der Waals surface area contributed by atoms with Crippen LogP contribution in [-0.2, 0) is 33.6 Å². The van der Waals surface area contributed by atoms with Crippen molar-refractivity contribution < 1.29 is 19.1 Å². The van der Waals surface area contributed by atoms with Crippen molar-refractivity contribution in [2.45, 2.75) is 26.2 Å². The Morgan fingerprint density at radius 2 is 0.764 bits per heavy atom. The van der Waals surface area contributed by atoms with Crippen LogP contribution >= 0.6 is 0 Å². The molecular formula is C49H42N2O4. The number of para-hydroxylation sites is 2. The molecule has 0 saturated heterocycles. The molecule has 0 atom stereocenters. The molecule has 0 aliphatic rings. The van der Waals surface area contributed by atoms with Crippen LogP contribution in [0.25, 0.3) is 0 Å². The van der Waals surface area contributed by atoms with Gasteiger partial charge in [0.2, 0.25) is 0 Å². The van der Waals surface area contributed by atoms with Gasteiger partial charge in [-0.1, -0.05) is 103 Å². The molecule has 7 aromatic carbocycles. The van der Waals surface area contributed by atoms with Gasteiger partial charge in [-0.2, -0.15) is 0 Å². The number of carbonyl (C=O) groups is 2. The third-order valence-corrected chi connectivity index (χ3v) is 9.39. The highest BCUT2D eigenvalue weighted by molar-refractivity contribution is 5.81. The van der Waals surface area contributed by atoms with Crippen LogP contribution in [0.2, 0.25) is 0 Å². The van der Waals surface area contributed by atoms with Crippen LogP contribution < -0.4 is 14.5 Å². The van der Waals surface area contributed by atoms with Crippen molar-refractivity contribution in [1.29, 1.82) is 0 Å². The predicted octanol–water partition coefficient (Wildman–Crippen LogP) is 11.4. The molecule has 0 aliphatic carbocycles. The lowest BCUT2D eigenvalue weighted by molar-refractivity contribution is -0.139. The van der Waals surface area contributed by atoms with Gasteiger partial charge >= 0.3 is 11.9 Å². The molecule has 0 saturated carbocycles. The van der Waals surface area contributed by atoms with Gasteiger partial charge in [0.1, 0.15) is 5.75 Å². The average molecular weight is 723 g/mol. The average Bonchev–Trinajstić information content (AvgIpc) is 3.22. The van der Waals surface area contributed by atoms with E-state index < -0.39 is 0 Å². The zero-order valence-electron chi connectivity index (χ0n) is 31.0. The highest BCUT2D eigenvalue weighted by Crippen LogP contribution is 2.39. The molecule has 7 aromatic rings. The molecule has 0 radical (unpaired) electrons. The van der Waals surface area contributed by atoms with E-state index in [1.165, 1.54) is 12.7 Å². The molecule has 0 aliphatic heterocycles. The summed E-state index contributed by atoms with van der Waals surface area (Å²) >= 11 is 0. The normalized spacial score (nSPS) is 10.7. The molecule has 0 unspecified atom stereocenters. The molecule has 6 heteroatoms. The molecular weight excluding hydrogens is 681 g/mol. The van der Waals surface area contributed by atoms with Crippen LogP contribution in [0.1, 0.15) is 27.8 Å². The number of carbonyl (C=O) groups excluding carboxylic acids is 2. The lowest BCUT2D eigenvalue weighted by atomic mass is 10.0. The maximum Gasteiger partial charge on any atom is 0.315 e. The summed E-state index contributed by atoms with van der Waals surface area (Å²) < 4.78 is 10.5. The zero-order chi connectivity index (χ0) is 38.0. The van der Waals surface area contributed by atoms with Crippen molar-refractivity contribution in [3.63, 3.8) is 0 Å². The second kappa shape index (κ2) is 17.3. The van der Waals surface area contributed by atoms with E-state index in [9.17, 15) is 9.59 Å². The summed E-state index contributed by atoms with van der Waals surface area (Å²) in [6.07, 6.45) is 1.17. The van der Waals surface area contributed by atoms with Gasteiger partial charge in [-0.05, 0) is 121 Å². The van der Waals surface area contributed by atoms with Crippen LogP contribution in [0.15, 0.2) is 182 Å². The fraction of sp³-hybridized carbons (Fsp3) is 0.102. The van der Waals surface area contributed by atoms with E-state index in [0.717, 1.165) is 62.8 Å². The smallest absolute Gasteiger partial charge is 0.315 e. The minimum absolute atomic E-state index is 0.162. The first-order valence-electron chi connectivity index (χ1n) is 18.3. The highest BCUT2D eigenvalue weighted by Gasteiger charge is 2.16. The van der Waals surface area contributed by atoms with Crippen LogP contribution in [0.4, 0.5) is 34.1 Å². The van der Waals surface area contributed by atoms with Gasteiger partial charge in [-0.15, -0.1) is 0 Å². The van der Waals surface area contributed by atoms with Gasteiger partial charge in [-0.25, -0.2) is 0 Å². The van der Waals surface area contributed by atoms with Gasteiger partial charge < -0.3 is 19.3 Å². The minimum atomic E-state index is -0.325. The van der Waals surface area contributed by atoms with E-state index in [-0.39, 0.29) is 24.8 Å². The number of nitrogens with zero attached hydrogens (tertiary/aromatic N) is 2. The van der Waals surface area contributed by atoms with Crippen molar-refractivity contribution in [2.75, 3.05) is 16.9 Å². The monoisotopic (exact) mass is 722 g/mol. The Hall–Kier alpha value is -6.92. The van der Waals surface area contributed by atoms with Gasteiger partial charge in [-0.3, -0.25) is 9.59 Å². The zero-order valence-corrected chi connectivity index (χ0v) is 31.0. The maximum atomic E-state index is 13.0. The van der Waals surface area contributed by atoms with Crippen molar-refractivity contribution in [3.05, 3.63) is 210 Å². The topological polar surface area (TPSA) is 59.1 Å². The number of benzene rings is 7. The van der Waals surface area contributed by atoms with E-state index in [4.69, 9.17) is 9.47 Å². The summed E-state index contributed by atoms with van der Waals surface area (Å²) in [6.45, 7) is 2.10. The van der Waals surface area contributed by atoms with E-state index in [0.29, 0.717) is 5.75 Å². The number of methoxy groups -OCH3 is 1. The first-order chi connectivity index (χ1) is 26.9. The maximum absolute atomic E-state index is 13.0. The van der Waals surface area contributed by atoms with E-state index in [1.807, 2.05) is 97.1 Å². The number of aryl methyl sites for hydroxylation is 1. The van der Waals surface area contributed by atoms with Gasteiger partial charge in [0.05, 0.1) is 20.0 Å². The fourth-order valence-corrected chi connectivity index (χ4v) is 6.52. The first-order valence-corrected chi connectivity index (χ1v) is 18.3. The lowest BCUT2D eigenvalue weighted by Crippen LogP contribution is -2.13. The van der Waals surface area contributed by atoms with Gasteiger partial charge in [0.25, 0.3) is 0 Å². The molecule has 272 valence electrons. The van der Waals surface area contributed by atoms with Crippen LogP contribution in [0.3, 0.4) is 0 Å². The standard InChI is InChI=1S/C49H42N2O4/c1-36-13-23-43(24-14-36)50(41-9-5-3-6-10-41)44-25-27-45(28-26-44)51(42-11-7-4-8-12-42)46-29-31-47(32-30-46)55-49(53)35-40-21-17-38(18-22-40)33-37-15-19-39(20-16-37)34-48(52)54-2/h3-32H,33-35H2,1-2H3. The summed E-state index contributed by atoms with van der Waals surface area (Å²) in [4.78, 5) is 29.0. The molecule has 0 heterocycles. The first kappa shape index (κ1) is 36.4. The Morgan fingerprint density at radius 3 is 1.18 bits per heavy atom. The van der Waals surface area contributed by atoms with Crippen LogP contribution in [0.5, 0.6) is 5.75 Å². The molecule has 0 N–H and O–H groups in total. The molecule has 7 rings (SSSR count). The predicted molar refractivity (Wildman–Crippen MR) is 221 cm³/mol. The van der Waals surface area contributed by atoms with Crippen LogP contribution in [0, 0.1) is 6.92 Å². The van der Waals surface area contributed by atoms with Crippen molar-refractivity contribution in [2.24, 2.45) is 0 Å². The lowest BCUT2D eigenvalue weighted by Gasteiger charge is -2.28. The Kier molecular flexibility index (Phi) is 11.4. The Labute approximate surface area is 322 Å². The molecule has 6 nitrogen and oxygen atoms in total. The Morgan fingerprint density at radius 1 is 0.418 bits per heavy atom. The van der Waals surface area contributed by atoms with E-state index in [1.54, 1.807) is 0 Å². The summed E-state index contributed by atoms with van der Waals surface area (Å²) in [5.74, 6) is -0.0913. The van der Waals surface area contributed by atoms with E-state index >= 15 is 0 Å².